The zero-order valence-corrected chi connectivity index (χ0v) is 11.9. The second-order valence-corrected chi connectivity index (χ2v) is 8.40. The maximum Gasteiger partial charge on any atom is 0.151 e. The van der Waals surface area contributed by atoms with Crippen molar-refractivity contribution in [3.63, 3.8) is 0 Å². The van der Waals surface area contributed by atoms with Gasteiger partial charge in [-0.1, -0.05) is 20.8 Å². The lowest BCUT2D eigenvalue weighted by atomic mass is 9.71. The molecule has 0 aliphatic heterocycles. The van der Waals surface area contributed by atoms with Crippen molar-refractivity contribution in [2.45, 2.75) is 51.3 Å². The van der Waals surface area contributed by atoms with Crippen molar-refractivity contribution in [2.75, 3.05) is 13.3 Å². The van der Waals surface area contributed by atoms with Gasteiger partial charge in [0.1, 0.15) is 0 Å². The minimum Gasteiger partial charge on any atom is -0.316 e. The molecule has 0 radical (unpaired) electrons. The summed E-state index contributed by atoms with van der Waals surface area (Å²) in [5.74, 6) is 0.511. The summed E-state index contributed by atoms with van der Waals surface area (Å²) in [6.07, 6.45) is 4.26. The molecule has 3 atom stereocenters. The van der Waals surface area contributed by atoms with E-state index in [1.807, 2.05) is 7.05 Å². The zero-order valence-electron chi connectivity index (χ0n) is 11.1. The Kier molecular flexibility index (Phi) is 4.06. The maximum atomic E-state index is 11.8. The number of nitrogens with one attached hydrogen (secondary N) is 1. The minimum atomic E-state index is -2.94. The van der Waals surface area contributed by atoms with E-state index in [1.54, 1.807) is 0 Å². The molecular formula is C12H25NO2S. The predicted octanol–water partition coefficient (Wildman–Crippen LogP) is 1.83. The third-order valence-corrected chi connectivity index (χ3v) is 5.56. The molecule has 3 unspecified atom stereocenters. The molecule has 16 heavy (non-hydrogen) atoms. The first-order valence-electron chi connectivity index (χ1n) is 6.02. The van der Waals surface area contributed by atoms with Crippen LogP contribution in [0, 0.1) is 11.3 Å². The molecule has 1 fully saturated rings. The van der Waals surface area contributed by atoms with E-state index < -0.39 is 9.84 Å². The van der Waals surface area contributed by atoms with Gasteiger partial charge in [-0.2, -0.15) is 0 Å². The Morgan fingerprint density at radius 1 is 1.19 bits per heavy atom. The Bertz CT molecular complexity index is 329. The van der Waals surface area contributed by atoms with Crippen molar-refractivity contribution in [1.82, 2.24) is 5.32 Å². The smallest absolute Gasteiger partial charge is 0.151 e. The van der Waals surface area contributed by atoms with E-state index >= 15 is 0 Å². The summed E-state index contributed by atoms with van der Waals surface area (Å²) in [5, 5.41) is 2.94. The van der Waals surface area contributed by atoms with Crippen LogP contribution in [0.4, 0.5) is 0 Å². The van der Waals surface area contributed by atoms with Crippen molar-refractivity contribution in [2.24, 2.45) is 11.3 Å². The van der Waals surface area contributed by atoms with Crippen molar-refractivity contribution in [3.05, 3.63) is 0 Å². The molecule has 96 valence electrons. The quantitative estimate of drug-likeness (QED) is 0.810. The Morgan fingerprint density at radius 3 is 2.12 bits per heavy atom. The van der Waals surface area contributed by atoms with Gasteiger partial charge in [-0.3, -0.25) is 0 Å². The van der Waals surface area contributed by atoms with Crippen LogP contribution in [0.5, 0.6) is 0 Å². The SMILES string of the molecule is CNC1CCC(C(C)(C)C)CC1S(C)(=O)=O. The largest absolute Gasteiger partial charge is 0.316 e. The van der Waals surface area contributed by atoms with Crippen molar-refractivity contribution in [3.8, 4) is 0 Å². The molecule has 3 nitrogen and oxygen atoms in total. The Balaban J connectivity index is 2.86. The van der Waals surface area contributed by atoms with Gasteiger partial charge in [0.05, 0.1) is 5.25 Å². The minimum absolute atomic E-state index is 0.133. The van der Waals surface area contributed by atoms with Crippen LogP contribution >= 0.6 is 0 Å². The third kappa shape index (κ3) is 3.20. The summed E-state index contributed by atoms with van der Waals surface area (Å²) in [6, 6.07) is 0.133. The molecule has 1 aliphatic rings. The maximum absolute atomic E-state index is 11.8. The van der Waals surface area contributed by atoms with Crippen molar-refractivity contribution < 1.29 is 8.42 Å². The van der Waals surface area contributed by atoms with E-state index in [1.165, 1.54) is 6.26 Å². The monoisotopic (exact) mass is 247 g/mol. The number of rotatable bonds is 2. The zero-order chi connectivity index (χ0) is 12.6. The third-order valence-electron chi connectivity index (χ3n) is 3.94. The van der Waals surface area contributed by atoms with Crippen LogP contribution in [0.2, 0.25) is 0 Å². The Morgan fingerprint density at radius 2 is 1.75 bits per heavy atom. The normalized spacial score (nSPS) is 32.7. The summed E-state index contributed by atoms with van der Waals surface area (Å²) >= 11 is 0. The lowest BCUT2D eigenvalue weighted by Gasteiger charge is -2.41. The Labute approximate surface area is 99.9 Å². The lowest BCUT2D eigenvalue weighted by molar-refractivity contribution is 0.164. The fraction of sp³-hybridized carbons (Fsp3) is 1.00. The van der Waals surface area contributed by atoms with E-state index in [9.17, 15) is 8.42 Å². The first-order chi connectivity index (χ1) is 7.16. The highest BCUT2D eigenvalue weighted by Gasteiger charge is 2.39. The molecule has 0 aromatic heterocycles. The van der Waals surface area contributed by atoms with Gasteiger partial charge in [-0.25, -0.2) is 8.42 Å². The van der Waals surface area contributed by atoms with Crippen molar-refractivity contribution in [1.29, 1.82) is 0 Å². The van der Waals surface area contributed by atoms with Gasteiger partial charge >= 0.3 is 0 Å². The molecule has 0 saturated heterocycles. The molecule has 0 aromatic carbocycles. The lowest BCUT2D eigenvalue weighted by Crippen LogP contribution is -2.48. The van der Waals surface area contributed by atoms with Gasteiger partial charge in [0.15, 0.2) is 9.84 Å². The standard InChI is InChI=1S/C12H25NO2S/c1-12(2,3)9-6-7-10(13-4)11(8-9)16(5,14)15/h9-11,13H,6-8H2,1-5H3. The molecule has 0 spiro atoms. The van der Waals surface area contributed by atoms with Gasteiger partial charge in [0.2, 0.25) is 0 Å². The second-order valence-electron chi connectivity index (χ2n) is 6.14. The molecule has 0 bridgehead atoms. The summed E-state index contributed by atoms with van der Waals surface area (Å²) in [4.78, 5) is 0. The van der Waals surface area contributed by atoms with E-state index in [4.69, 9.17) is 0 Å². The highest BCUT2D eigenvalue weighted by atomic mass is 32.2. The van der Waals surface area contributed by atoms with Crippen LogP contribution in [-0.2, 0) is 9.84 Å². The van der Waals surface area contributed by atoms with Crippen LogP contribution in [-0.4, -0.2) is 33.0 Å². The Hall–Kier alpha value is -0.0900. The molecule has 0 aromatic rings. The molecule has 0 heterocycles. The molecule has 1 saturated carbocycles. The molecule has 1 N–H and O–H groups in total. The summed E-state index contributed by atoms with van der Waals surface area (Å²) in [7, 11) is -1.08. The summed E-state index contributed by atoms with van der Waals surface area (Å²) < 4.78 is 23.6. The molecule has 1 rings (SSSR count). The van der Waals surface area contributed by atoms with Gasteiger partial charge in [-0.15, -0.1) is 0 Å². The molecular weight excluding hydrogens is 222 g/mol. The first kappa shape index (κ1) is 14.0. The van der Waals surface area contributed by atoms with E-state index in [-0.39, 0.29) is 16.7 Å². The van der Waals surface area contributed by atoms with Crippen LogP contribution in [0.25, 0.3) is 0 Å². The average Bonchev–Trinajstić information content (AvgIpc) is 2.14. The van der Waals surface area contributed by atoms with Gasteiger partial charge in [0, 0.05) is 12.3 Å². The topological polar surface area (TPSA) is 46.2 Å². The molecule has 4 heteroatoms. The van der Waals surface area contributed by atoms with Crippen LogP contribution < -0.4 is 5.32 Å². The van der Waals surface area contributed by atoms with Crippen LogP contribution in [0.3, 0.4) is 0 Å². The van der Waals surface area contributed by atoms with E-state index in [0.29, 0.717) is 5.92 Å². The number of hydrogen-bond acceptors (Lipinski definition) is 3. The fourth-order valence-corrected chi connectivity index (χ4v) is 4.17. The number of sulfone groups is 1. The van der Waals surface area contributed by atoms with E-state index in [0.717, 1.165) is 19.3 Å². The number of hydrogen-bond donors (Lipinski definition) is 1. The van der Waals surface area contributed by atoms with Gasteiger partial charge in [0.25, 0.3) is 0 Å². The van der Waals surface area contributed by atoms with E-state index in [2.05, 4.69) is 26.1 Å². The van der Waals surface area contributed by atoms with Gasteiger partial charge in [-0.05, 0) is 37.6 Å². The highest BCUT2D eigenvalue weighted by molar-refractivity contribution is 7.91. The van der Waals surface area contributed by atoms with Crippen LogP contribution in [0.15, 0.2) is 0 Å². The van der Waals surface area contributed by atoms with Gasteiger partial charge < -0.3 is 5.32 Å². The molecule has 1 aliphatic carbocycles. The highest BCUT2D eigenvalue weighted by Crippen LogP contribution is 2.39. The average molecular weight is 247 g/mol. The second kappa shape index (κ2) is 4.65. The first-order valence-corrected chi connectivity index (χ1v) is 7.98. The summed E-state index contributed by atoms with van der Waals surface area (Å²) in [5.41, 5.74) is 0.210. The predicted molar refractivity (Wildman–Crippen MR) is 68.3 cm³/mol. The summed E-state index contributed by atoms with van der Waals surface area (Å²) in [6.45, 7) is 6.62. The van der Waals surface area contributed by atoms with Crippen molar-refractivity contribution >= 4 is 9.84 Å². The van der Waals surface area contributed by atoms with Crippen LogP contribution in [0.1, 0.15) is 40.0 Å². The molecule has 0 amide bonds. The fourth-order valence-electron chi connectivity index (χ4n) is 2.72.